The van der Waals surface area contributed by atoms with E-state index >= 15 is 0 Å². The van der Waals surface area contributed by atoms with E-state index < -0.39 is 10.0 Å². The van der Waals surface area contributed by atoms with Crippen molar-refractivity contribution in [2.24, 2.45) is 7.05 Å². The number of nitrogens with zero attached hydrogens (tertiary/aromatic N) is 4. The smallest absolute Gasteiger partial charge is 0.243 e. The third-order valence-corrected chi connectivity index (χ3v) is 6.76. The van der Waals surface area contributed by atoms with E-state index in [0.717, 1.165) is 23.4 Å². The van der Waals surface area contributed by atoms with Gasteiger partial charge in [0.2, 0.25) is 10.0 Å². The third-order valence-electron chi connectivity index (χ3n) is 4.63. The third kappa shape index (κ3) is 2.82. The lowest BCUT2D eigenvalue weighted by molar-refractivity contribution is 0.470. The van der Waals surface area contributed by atoms with Gasteiger partial charge in [0.15, 0.2) is 5.65 Å². The lowest BCUT2D eigenvalue weighted by Gasteiger charge is -2.16. The molecule has 0 radical (unpaired) electrons. The van der Waals surface area contributed by atoms with Crippen LogP contribution in [0.3, 0.4) is 0 Å². The molecule has 1 fully saturated rings. The minimum Gasteiger partial charge on any atom is -0.316 e. The van der Waals surface area contributed by atoms with Gasteiger partial charge in [-0.3, -0.25) is 0 Å². The Balaban J connectivity index is 1.62. The van der Waals surface area contributed by atoms with Crippen LogP contribution in [0.15, 0.2) is 47.5 Å². The van der Waals surface area contributed by atoms with Gasteiger partial charge in [-0.1, -0.05) is 11.6 Å². The molecule has 3 aromatic rings. The van der Waals surface area contributed by atoms with E-state index in [0.29, 0.717) is 18.1 Å². The summed E-state index contributed by atoms with van der Waals surface area (Å²) in [4.78, 5) is 9.28. The van der Waals surface area contributed by atoms with Crippen LogP contribution in [0.4, 0.5) is 0 Å². The molecule has 0 N–H and O–H groups in total. The molecule has 8 heteroatoms. The average Bonchev–Trinajstić information content (AvgIpc) is 3.21. The van der Waals surface area contributed by atoms with Crippen molar-refractivity contribution in [3.63, 3.8) is 0 Å². The molecule has 130 valence electrons. The first kappa shape index (κ1) is 16.5. The summed E-state index contributed by atoms with van der Waals surface area (Å²) in [5, 5.41) is 0.519. The van der Waals surface area contributed by atoms with Crippen LogP contribution in [0.1, 0.15) is 18.2 Å². The number of sulfonamides is 1. The van der Waals surface area contributed by atoms with Gasteiger partial charge in [-0.05, 0) is 42.8 Å². The van der Waals surface area contributed by atoms with Crippen molar-refractivity contribution in [3.8, 4) is 0 Å². The molecule has 1 atom stereocenters. The molecule has 2 aromatic heterocycles. The standard InChI is InChI=1S/C17H17ClN4O2S/c1-21-16(20-15-3-2-9-19-17(15)21)12-8-10-22(11-12)25(23,24)14-6-4-13(18)5-7-14/h2-7,9,12H,8,10-11H2,1H3/t12-/m1/s1. The SMILES string of the molecule is Cn1c([C@@H]2CCN(S(=O)(=O)c3ccc(Cl)cc3)C2)nc2cccnc21. The average molecular weight is 377 g/mol. The van der Waals surface area contributed by atoms with Gasteiger partial charge in [-0.25, -0.2) is 18.4 Å². The number of aryl methyl sites for hydroxylation is 1. The molecular weight excluding hydrogens is 360 g/mol. The highest BCUT2D eigenvalue weighted by atomic mass is 35.5. The number of benzene rings is 1. The molecule has 6 nitrogen and oxygen atoms in total. The molecule has 0 unspecified atom stereocenters. The first-order valence-corrected chi connectivity index (χ1v) is 9.81. The van der Waals surface area contributed by atoms with Gasteiger partial charge >= 0.3 is 0 Å². The maximum absolute atomic E-state index is 12.8. The Labute approximate surface area is 151 Å². The lowest BCUT2D eigenvalue weighted by atomic mass is 10.1. The predicted octanol–water partition coefficient (Wildman–Crippen LogP) is 2.80. The fourth-order valence-electron chi connectivity index (χ4n) is 3.32. The number of rotatable bonds is 3. The quantitative estimate of drug-likeness (QED) is 0.704. The van der Waals surface area contributed by atoms with Crippen molar-refractivity contribution in [2.75, 3.05) is 13.1 Å². The van der Waals surface area contributed by atoms with Gasteiger partial charge in [0.05, 0.1) is 4.90 Å². The zero-order valence-corrected chi connectivity index (χ0v) is 15.2. The maximum atomic E-state index is 12.8. The van der Waals surface area contributed by atoms with Gasteiger partial charge in [0, 0.05) is 37.3 Å². The number of pyridine rings is 1. The number of fused-ring (bicyclic) bond motifs is 1. The molecule has 25 heavy (non-hydrogen) atoms. The first-order chi connectivity index (χ1) is 12.0. The number of imidazole rings is 1. The molecule has 4 rings (SSSR count). The van der Waals surface area contributed by atoms with Gasteiger partial charge in [0.25, 0.3) is 0 Å². The second-order valence-corrected chi connectivity index (χ2v) is 8.55. The van der Waals surface area contributed by atoms with Gasteiger partial charge in [-0.2, -0.15) is 4.31 Å². The van der Waals surface area contributed by atoms with Crippen LogP contribution < -0.4 is 0 Å². The zero-order chi connectivity index (χ0) is 17.6. The topological polar surface area (TPSA) is 68.1 Å². The maximum Gasteiger partial charge on any atom is 0.243 e. The molecule has 0 saturated carbocycles. The summed E-state index contributed by atoms with van der Waals surface area (Å²) >= 11 is 5.86. The molecule has 0 aliphatic carbocycles. The predicted molar refractivity (Wildman–Crippen MR) is 96.1 cm³/mol. The normalized spacial score (nSPS) is 18.9. The molecule has 1 aromatic carbocycles. The van der Waals surface area contributed by atoms with E-state index in [1.807, 2.05) is 23.7 Å². The Bertz CT molecular complexity index is 1030. The second-order valence-electron chi connectivity index (χ2n) is 6.18. The molecular formula is C17H17ClN4O2S. The van der Waals surface area contributed by atoms with E-state index in [9.17, 15) is 8.42 Å². The van der Waals surface area contributed by atoms with Crippen LogP contribution in [0.5, 0.6) is 0 Å². The molecule has 0 bridgehead atoms. The summed E-state index contributed by atoms with van der Waals surface area (Å²) in [7, 11) is -1.59. The van der Waals surface area contributed by atoms with Crippen molar-refractivity contribution in [1.29, 1.82) is 0 Å². The Morgan fingerprint density at radius 1 is 1.20 bits per heavy atom. The highest BCUT2D eigenvalue weighted by Crippen LogP contribution is 2.31. The van der Waals surface area contributed by atoms with Gasteiger partial charge in [-0.15, -0.1) is 0 Å². The molecule has 3 heterocycles. The van der Waals surface area contributed by atoms with Crippen molar-refractivity contribution >= 4 is 32.8 Å². The van der Waals surface area contributed by atoms with E-state index in [-0.39, 0.29) is 10.8 Å². The monoisotopic (exact) mass is 376 g/mol. The molecule has 0 amide bonds. The Morgan fingerprint density at radius 3 is 2.68 bits per heavy atom. The largest absolute Gasteiger partial charge is 0.316 e. The van der Waals surface area contributed by atoms with Gasteiger partial charge < -0.3 is 4.57 Å². The summed E-state index contributed by atoms with van der Waals surface area (Å²) in [6.07, 6.45) is 2.48. The van der Waals surface area contributed by atoms with Crippen LogP contribution in [0.2, 0.25) is 5.02 Å². The number of halogens is 1. The Hall–Kier alpha value is -1.96. The molecule has 0 spiro atoms. The minimum absolute atomic E-state index is 0.0567. The van der Waals surface area contributed by atoms with Crippen molar-refractivity contribution in [2.45, 2.75) is 17.2 Å². The van der Waals surface area contributed by atoms with Gasteiger partial charge in [0.1, 0.15) is 11.3 Å². The van der Waals surface area contributed by atoms with Crippen LogP contribution in [-0.4, -0.2) is 40.3 Å². The minimum atomic E-state index is -3.52. The van der Waals surface area contributed by atoms with E-state index in [4.69, 9.17) is 11.6 Å². The highest BCUT2D eigenvalue weighted by molar-refractivity contribution is 7.89. The summed E-state index contributed by atoms with van der Waals surface area (Å²) in [6.45, 7) is 0.897. The van der Waals surface area contributed by atoms with Crippen LogP contribution >= 0.6 is 11.6 Å². The zero-order valence-electron chi connectivity index (χ0n) is 13.6. The van der Waals surface area contributed by atoms with Crippen molar-refractivity contribution < 1.29 is 8.42 Å². The number of hydrogen-bond acceptors (Lipinski definition) is 4. The highest BCUT2D eigenvalue weighted by Gasteiger charge is 2.35. The first-order valence-electron chi connectivity index (χ1n) is 8.00. The van der Waals surface area contributed by atoms with Crippen molar-refractivity contribution in [1.82, 2.24) is 18.8 Å². The lowest BCUT2D eigenvalue weighted by Crippen LogP contribution is -2.28. The second kappa shape index (κ2) is 6.09. The van der Waals surface area contributed by atoms with E-state index in [2.05, 4.69) is 9.97 Å². The van der Waals surface area contributed by atoms with E-state index in [1.54, 1.807) is 30.5 Å². The molecule has 1 aliphatic rings. The fraction of sp³-hybridized carbons (Fsp3) is 0.294. The van der Waals surface area contributed by atoms with Crippen LogP contribution in [-0.2, 0) is 17.1 Å². The number of aromatic nitrogens is 3. The Kier molecular flexibility index (Phi) is 4.02. The summed E-state index contributed by atoms with van der Waals surface area (Å²) in [6, 6.07) is 10.1. The van der Waals surface area contributed by atoms with E-state index in [1.165, 1.54) is 4.31 Å². The molecule has 1 saturated heterocycles. The summed E-state index contributed by atoms with van der Waals surface area (Å²) < 4.78 is 29.1. The van der Waals surface area contributed by atoms with Crippen LogP contribution in [0.25, 0.3) is 11.2 Å². The van der Waals surface area contributed by atoms with Crippen molar-refractivity contribution in [3.05, 3.63) is 53.4 Å². The fourth-order valence-corrected chi connectivity index (χ4v) is 4.95. The molecule has 1 aliphatic heterocycles. The Morgan fingerprint density at radius 2 is 1.96 bits per heavy atom. The summed E-state index contributed by atoms with van der Waals surface area (Å²) in [5.74, 6) is 0.934. The number of hydrogen-bond donors (Lipinski definition) is 0. The summed E-state index contributed by atoms with van der Waals surface area (Å²) in [5.41, 5.74) is 1.65. The van der Waals surface area contributed by atoms with Crippen LogP contribution in [0, 0.1) is 0 Å².